The Morgan fingerprint density at radius 2 is 2.15 bits per heavy atom. The van der Waals surface area contributed by atoms with Gasteiger partial charge in [0.2, 0.25) is 4.90 Å². The Labute approximate surface area is 120 Å². The van der Waals surface area contributed by atoms with Crippen LogP contribution in [-0.4, -0.2) is 50.1 Å². The highest BCUT2D eigenvalue weighted by atomic mass is 35.7. The SMILES string of the molecule is COCCCOCCn1cc(S(=O)(=O)Cl)c([N+](=O)[O-])n1. The monoisotopic (exact) mass is 327 g/mol. The fourth-order valence-corrected chi connectivity index (χ4v) is 2.28. The Morgan fingerprint density at radius 1 is 1.45 bits per heavy atom. The summed E-state index contributed by atoms with van der Waals surface area (Å²) in [5.41, 5.74) is 0. The van der Waals surface area contributed by atoms with Crippen LogP contribution >= 0.6 is 10.7 Å². The molecule has 0 N–H and O–H groups in total. The highest BCUT2D eigenvalue weighted by Gasteiger charge is 2.29. The fraction of sp³-hybridized carbons (Fsp3) is 0.667. The van der Waals surface area contributed by atoms with Crippen LogP contribution in [0.2, 0.25) is 0 Å². The lowest BCUT2D eigenvalue weighted by molar-refractivity contribution is -0.392. The lowest BCUT2D eigenvalue weighted by Crippen LogP contribution is -2.08. The number of rotatable bonds is 9. The molecule has 1 aromatic heterocycles. The van der Waals surface area contributed by atoms with E-state index in [2.05, 4.69) is 5.10 Å². The standard InChI is InChI=1S/C9H14ClN3O6S/c1-18-4-2-5-19-6-3-12-7-8(20(10,16)17)9(11-12)13(14)15/h7H,2-6H2,1H3. The molecule has 0 atom stereocenters. The van der Waals surface area contributed by atoms with Gasteiger partial charge in [-0.05, 0) is 11.3 Å². The van der Waals surface area contributed by atoms with Gasteiger partial charge < -0.3 is 19.6 Å². The molecule has 0 radical (unpaired) electrons. The Kier molecular flexibility index (Phi) is 6.33. The van der Waals surface area contributed by atoms with Gasteiger partial charge in [0, 0.05) is 31.0 Å². The number of nitrogens with zero attached hydrogens (tertiary/aromatic N) is 3. The molecular weight excluding hydrogens is 314 g/mol. The third kappa shape index (κ3) is 5.04. The van der Waals surface area contributed by atoms with Crippen molar-refractivity contribution in [3.05, 3.63) is 16.3 Å². The molecule has 0 saturated heterocycles. The van der Waals surface area contributed by atoms with Gasteiger partial charge in [0.25, 0.3) is 9.05 Å². The van der Waals surface area contributed by atoms with E-state index in [1.54, 1.807) is 7.11 Å². The van der Waals surface area contributed by atoms with Crippen molar-refractivity contribution >= 4 is 25.6 Å². The fourth-order valence-electron chi connectivity index (χ4n) is 1.37. The first kappa shape index (κ1) is 16.8. The van der Waals surface area contributed by atoms with Crippen LogP contribution in [0.1, 0.15) is 6.42 Å². The molecule has 1 heterocycles. The lowest BCUT2D eigenvalue weighted by Gasteiger charge is -2.01. The summed E-state index contributed by atoms with van der Waals surface area (Å²) in [7, 11) is 2.48. The number of ether oxygens (including phenoxy) is 2. The van der Waals surface area contributed by atoms with Crippen LogP contribution in [0.3, 0.4) is 0 Å². The van der Waals surface area contributed by atoms with Crippen LogP contribution in [0.4, 0.5) is 5.82 Å². The highest BCUT2D eigenvalue weighted by Crippen LogP contribution is 2.24. The minimum atomic E-state index is -4.21. The van der Waals surface area contributed by atoms with Gasteiger partial charge in [-0.2, -0.15) is 4.68 Å². The molecule has 0 amide bonds. The topological polar surface area (TPSA) is 114 Å². The summed E-state index contributed by atoms with van der Waals surface area (Å²) in [5, 5.41) is 14.3. The molecule has 0 aliphatic rings. The minimum absolute atomic E-state index is 0.181. The van der Waals surface area contributed by atoms with E-state index < -0.39 is 24.7 Å². The zero-order chi connectivity index (χ0) is 15.2. The number of methoxy groups -OCH3 is 1. The second kappa shape index (κ2) is 7.53. The van der Waals surface area contributed by atoms with Crippen molar-refractivity contribution in [2.45, 2.75) is 17.9 Å². The van der Waals surface area contributed by atoms with Gasteiger partial charge in [-0.15, -0.1) is 0 Å². The van der Waals surface area contributed by atoms with Crippen LogP contribution in [-0.2, 0) is 25.1 Å². The van der Waals surface area contributed by atoms with E-state index in [9.17, 15) is 18.5 Å². The van der Waals surface area contributed by atoms with E-state index in [1.807, 2.05) is 0 Å². The zero-order valence-corrected chi connectivity index (χ0v) is 12.3. The molecule has 1 aromatic rings. The quantitative estimate of drug-likeness (QED) is 0.285. The average molecular weight is 328 g/mol. The first-order chi connectivity index (χ1) is 9.36. The predicted molar refractivity (Wildman–Crippen MR) is 69.2 cm³/mol. The summed E-state index contributed by atoms with van der Waals surface area (Å²) in [6, 6.07) is 0. The van der Waals surface area contributed by atoms with E-state index in [0.29, 0.717) is 13.2 Å². The largest absolute Gasteiger partial charge is 0.410 e. The van der Waals surface area contributed by atoms with Crippen molar-refractivity contribution in [3.8, 4) is 0 Å². The van der Waals surface area contributed by atoms with Crippen molar-refractivity contribution in [2.24, 2.45) is 0 Å². The normalized spacial score (nSPS) is 11.7. The van der Waals surface area contributed by atoms with E-state index in [1.165, 1.54) is 0 Å². The van der Waals surface area contributed by atoms with Gasteiger partial charge in [0.05, 0.1) is 24.4 Å². The third-order valence-electron chi connectivity index (χ3n) is 2.25. The van der Waals surface area contributed by atoms with Crippen molar-refractivity contribution in [1.82, 2.24) is 9.78 Å². The maximum atomic E-state index is 11.2. The smallest absolute Gasteiger partial charge is 0.385 e. The van der Waals surface area contributed by atoms with Gasteiger partial charge in [-0.3, -0.25) is 0 Å². The second-order valence-electron chi connectivity index (χ2n) is 3.73. The van der Waals surface area contributed by atoms with E-state index in [0.717, 1.165) is 17.3 Å². The summed E-state index contributed by atoms with van der Waals surface area (Å²) >= 11 is 0. The van der Waals surface area contributed by atoms with Gasteiger partial charge >= 0.3 is 5.82 Å². The van der Waals surface area contributed by atoms with E-state index in [4.69, 9.17) is 20.2 Å². The third-order valence-corrected chi connectivity index (χ3v) is 3.56. The van der Waals surface area contributed by atoms with Gasteiger partial charge in [0.15, 0.2) is 0 Å². The molecule has 0 fully saturated rings. The number of nitro groups is 1. The molecule has 114 valence electrons. The molecule has 0 aliphatic carbocycles. The van der Waals surface area contributed by atoms with Crippen molar-refractivity contribution < 1.29 is 22.8 Å². The van der Waals surface area contributed by atoms with Crippen molar-refractivity contribution in [1.29, 1.82) is 0 Å². The molecule has 1 rings (SSSR count). The van der Waals surface area contributed by atoms with Crippen LogP contribution in [0.15, 0.2) is 11.1 Å². The molecule has 0 bridgehead atoms. The van der Waals surface area contributed by atoms with Crippen LogP contribution < -0.4 is 0 Å². The van der Waals surface area contributed by atoms with Gasteiger partial charge in [0.1, 0.15) is 0 Å². The molecule has 11 heteroatoms. The predicted octanol–water partition coefficient (Wildman–Crippen LogP) is 0.772. The number of aromatic nitrogens is 2. The Bertz CT molecular complexity index is 558. The van der Waals surface area contributed by atoms with E-state index in [-0.39, 0.29) is 13.2 Å². The zero-order valence-electron chi connectivity index (χ0n) is 10.7. The number of hydrogen-bond acceptors (Lipinski definition) is 7. The van der Waals surface area contributed by atoms with Gasteiger partial charge in [-0.25, -0.2) is 8.42 Å². The minimum Gasteiger partial charge on any atom is -0.385 e. The molecule has 20 heavy (non-hydrogen) atoms. The summed E-state index contributed by atoms with van der Waals surface area (Å²) in [6.45, 7) is 1.46. The van der Waals surface area contributed by atoms with E-state index >= 15 is 0 Å². The van der Waals surface area contributed by atoms with Crippen LogP contribution in [0.5, 0.6) is 0 Å². The molecule has 0 spiro atoms. The molecule has 0 aliphatic heterocycles. The Hall–Kier alpha value is -1.23. The maximum Gasteiger partial charge on any atom is 0.410 e. The summed E-state index contributed by atoms with van der Waals surface area (Å²) in [6.07, 6.45) is 1.73. The van der Waals surface area contributed by atoms with Crippen LogP contribution in [0, 0.1) is 10.1 Å². The highest BCUT2D eigenvalue weighted by molar-refractivity contribution is 8.13. The molecule has 9 nitrogen and oxygen atoms in total. The Morgan fingerprint density at radius 3 is 2.65 bits per heavy atom. The van der Waals surface area contributed by atoms with Crippen LogP contribution in [0.25, 0.3) is 0 Å². The summed E-state index contributed by atoms with van der Waals surface area (Å²) < 4.78 is 33.6. The lowest BCUT2D eigenvalue weighted by atomic mass is 10.5. The number of hydrogen-bond donors (Lipinski definition) is 0. The Balaban J connectivity index is 2.62. The maximum absolute atomic E-state index is 11.2. The first-order valence-corrected chi connectivity index (χ1v) is 7.90. The van der Waals surface area contributed by atoms with Crippen molar-refractivity contribution in [3.63, 3.8) is 0 Å². The molecular formula is C9H14ClN3O6S. The molecule has 0 aromatic carbocycles. The number of halogens is 1. The summed E-state index contributed by atoms with van der Waals surface area (Å²) in [4.78, 5) is 9.17. The van der Waals surface area contributed by atoms with Crippen molar-refractivity contribution in [2.75, 3.05) is 26.9 Å². The first-order valence-electron chi connectivity index (χ1n) is 5.59. The average Bonchev–Trinajstić information content (AvgIpc) is 2.78. The van der Waals surface area contributed by atoms with Gasteiger partial charge in [-0.1, -0.05) is 0 Å². The molecule has 0 unspecified atom stereocenters. The molecule has 0 saturated carbocycles. The second-order valence-corrected chi connectivity index (χ2v) is 6.27. The summed E-state index contributed by atoms with van der Waals surface area (Å²) in [5.74, 6) is -0.792.